The Kier molecular flexibility index (Phi) is 5.69. The first-order valence-corrected chi connectivity index (χ1v) is 6.02. The van der Waals surface area contributed by atoms with Crippen molar-refractivity contribution < 1.29 is 14.6 Å². The lowest BCUT2D eigenvalue weighted by molar-refractivity contribution is -0.0877. The fourth-order valence-corrected chi connectivity index (χ4v) is 1.51. The highest BCUT2D eigenvalue weighted by Gasteiger charge is 2.19. The molecule has 0 saturated heterocycles. The van der Waals surface area contributed by atoms with Gasteiger partial charge >= 0.3 is 6.09 Å². The normalized spacial score (nSPS) is 14.3. The number of ether oxygens (including phenoxy) is 1. The van der Waals surface area contributed by atoms with Crippen molar-refractivity contribution in [2.45, 2.75) is 45.8 Å². The lowest BCUT2D eigenvalue weighted by Crippen LogP contribution is -2.27. The van der Waals surface area contributed by atoms with Gasteiger partial charge in [0.05, 0.1) is 0 Å². The van der Waals surface area contributed by atoms with E-state index in [1.807, 2.05) is 6.92 Å². The number of rotatable bonds is 6. The van der Waals surface area contributed by atoms with Gasteiger partial charge in [0, 0.05) is 18.3 Å². The van der Waals surface area contributed by atoms with Gasteiger partial charge in [0.25, 0.3) is 0 Å². The summed E-state index contributed by atoms with van der Waals surface area (Å²) in [6, 6.07) is 0. The van der Waals surface area contributed by atoms with Crippen LogP contribution in [-0.2, 0) is 4.74 Å². The van der Waals surface area contributed by atoms with Gasteiger partial charge in [0.2, 0.25) is 6.29 Å². The van der Waals surface area contributed by atoms with Gasteiger partial charge in [-0.1, -0.05) is 33.1 Å². The molecule has 0 amide bonds. The molecule has 0 radical (unpaired) electrons. The minimum atomic E-state index is -1.05. The van der Waals surface area contributed by atoms with Crippen molar-refractivity contribution >= 4 is 6.09 Å². The van der Waals surface area contributed by atoms with E-state index in [0.717, 1.165) is 25.7 Å². The van der Waals surface area contributed by atoms with E-state index in [1.54, 1.807) is 0 Å². The first-order valence-electron chi connectivity index (χ1n) is 6.02. The van der Waals surface area contributed by atoms with Crippen molar-refractivity contribution in [2.75, 3.05) is 0 Å². The number of aliphatic hydroxyl groups excluding tert-OH is 1. The molecule has 1 rings (SSSR count). The Balaban J connectivity index is 2.32. The van der Waals surface area contributed by atoms with E-state index >= 15 is 0 Å². The smallest absolute Gasteiger partial charge is 0.419 e. The average molecular weight is 240 g/mol. The Morgan fingerprint density at radius 3 is 2.88 bits per heavy atom. The molecule has 96 valence electrons. The maximum Gasteiger partial charge on any atom is 0.421 e. The number of nitrogens with zero attached hydrogens (tertiary/aromatic N) is 2. The van der Waals surface area contributed by atoms with Crippen molar-refractivity contribution in [1.29, 1.82) is 0 Å². The summed E-state index contributed by atoms with van der Waals surface area (Å²) in [5.41, 5.74) is 0. The van der Waals surface area contributed by atoms with Crippen molar-refractivity contribution in [3.05, 3.63) is 18.7 Å². The highest BCUT2D eigenvalue weighted by molar-refractivity contribution is 5.70. The van der Waals surface area contributed by atoms with Gasteiger partial charge < -0.3 is 9.84 Å². The van der Waals surface area contributed by atoms with E-state index in [0.29, 0.717) is 0 Å². The minimum Gasteiger partial charge on any atom is -0.419 e. The van der Waals surface area contributed by atoms with Gasteiger partial charge in [-0.3, -0.25) is 0 Å². The van der Waals surface area contributed by atoms with E-state index in [4.69, 9.17) is 4.74 Å². The molecule has 1 aromatic rings. The summed E-state index contributed by atoms with van der Waals surface area (Å²) in [5, 5.41) is 9.71. The molecule has 5 nitrogen and oxygen atoms in total. The molecular formula is C12H20N2O3. The maximum atomic E-state index is 11.5. The Bertz CT molecular complexity index is 325. The van der Waals surface area contributed by atoms with E-state index in [9.17, 15) is 9.90 Å². The van der Waals surface area contributed by atoms with E-state index in [1.165, 1.54) is 23.3 Å². The summed E-state index contributed by atoms with van der Waals surface area (Å²) in [4.78, 5) is 15.2. The quantitative estimate of drug-likeness (QED) is 0.612. The Hall–Kier alpha value is -1.36. The highest BCUT2D eigenvalue weighted by atomic mass is 16.6. The Morgan fingerprint density at radius 2 is 2.29 bits per heavy atom. The van der Waals surface area contributed by atoms with Crippen LogP contribution in [0.3, 0.4) is 0 Å². The molecule has 1 unspecified atom stereocenters. The summed E-state index contributed by atoms with van der Waals surface area (Å²) < 4.78 is 6.12. The molecule has 1 aromatic heterocycles. The second-order valence-corrected chi connectivity index (χ2v) is 4.22. The number of unbranched alkanes of at least 4 members (excludes halogenated alkanes) is 2. The van der Waals surface area contributed by atoms with Gasteiger partial charge in [-0.05, 0) is 6.42 Å². The van der Waals surface area contributed by atoms with Crippen LogP contribution in [0.25, 0.3) is 0 Å². The van der Waals surface area contributed by atoms with Crippen molar-refractivity contribution in [3.63, 3.8) is 0 Å². The molecule has 2 atom stereocenters. The second-order valence-electron chi connectivity index (χ2n) is 4.22. The predicted molar refractivity (Wildman–Crippen MR) is 63.4 cm³/mol. The zero-order valence-electron chi connectivity index (χ0n) is 10.4. The number of hydrogen-bond acceptors (Lipinski definition) is 4. The first-order chi connectivity index (χ1) is 8.15. The fourth-order valence-electron chi connectivity index (χ4n) is 1.51. The molecule has 0 aliphatic heterocycles. The van der Waals surface area contributed by atoms with Crippen LogP contribution in [0.15, 0.2) is 18.7 Å². The monoisotopic (exact) mass is 240 g/mol. The molecule has 1 N–H and O–H groups in total. The SMILES string of the molecule is CCCCCC(C)[C@H](O)OC(=O)n1ccnc1. The molecule has 0 saturated carbocycles. The molecule has 17 heavy (non-hydrogen) atoms. The number of carbonyl (C=O) groups excluding carboxylic acids is 1. The van der Waals surface area contributed by atoms with E-state index in [-0.39, 0.29) is 5.92 Å². The minimum absolute atomic E-state index is 0.0472. The van der Waals surface area contributed by atoms with E-state index < -0.39 is 12.4 Å². The maximum absolute atomic E-state index is 11.5. The Labute approximate surface area is 101 Å². The third kappa shape index (κ3) is 4.56. The summed E-state index contributed by atoms with van der Waals surface area (Å²) in [5.74, 6) is -0.0472. The average Bonchev–Trinajstić information content (AvgIpc) is 2.82. The van der Waals surface area contributed by atoms with Gasteiger partial charge in [0.1, 0.15) is 6.33 Å². The largest absolute Gasteiger partial charge is 0.421 e. The van der Waals surface area contributed by atoms with Crippen molar-refractivity contribution in [1.82, 2.24) is 9.55 Å². The van der Waals surface area contributed by atoms with Gasteiger partial charge in [-0.15, -0.1) is 0 Å². The summed E-state index contributed by atoms with van der Waals surface area (Å²) in [7, 11) is 0. The number of imidazole rings is 1. The van der Waals surface area contributed by atoms with Crippen molar-refractivity contribution in [3.8, 4) is 0 Å². The topological polar surface area (TPSA) is 64.3 Å². The van der Waals surface area contributed by atoms with Crippen LogP contribution in [0.2, 0.25) is 0 Å². The van der Waals surface area contributed by atoms with E-state index in [2.05, 4.69) is 11.9 Å². The molecule has 0 spiro atoms. The number of aromatic nitrogens is 2. The summed E-state index contributed by atoms with van der Waals surface area (Å²) in [6.45, 7) is 4.00. The van der Waals surface area contributed by atoms with Crippen LogP contribution in [0, 0.1) is 5.92 Å². The van der Waals surface area contributed by atoms with Gasteiger partial charge in [-0.2, -0.15) is 0 Å². The number of carbonyl (C=O) groups is 1. The molecule has 0 bridgehead atoms. The van der Waals surface area contributed by atoms with Crippen molar-refractivity contribution in [2.24, 2.45) is 5.92 Å². The molecule has 0 aromatic carbocycles. The highest BCUT2D eigenvalue weighted by Crippen LogP contribution is 2.14. The number of hydrogen-bond donors (Lipinski definition) is 1. The van der Waals surface area contributed by atoms with Crippen LogP contribution in [0.4, 0.5) is 4.79 Å². The lowest BCUT2D eigenvalue weighted by atomic mass is 10.0. The van der Waals surface area contributed by atoms with Gasteiger partial charge in [0.15, 0.2) is 0 Å². The van der Waals surface area contributed by atoms with Crippen LogP contribution in [-0.4, -0.2) is 27.0 Å². The molecular weight excluding hydrogens is 220 g/mol. The standard InChI is InChI=1S/C12H20N2O3/c1-3-4-5-6-10(2)11(15)17-12(16)14-8-7-13-9-14/h7-11,15H,3-6H2,1-2H3/t10?,11-/m1/s1. The Morgan fingerprint density at radius 1 is 1.53 bits per heavy atom. The van der Waals surface area contributed by atoms with Crippen LogP contribution < -0.4 is 0 Å². The van der Waals surface area contributed by atoms with Crippen LogP contribution >= 0.6 is 0 Å². The fraction of sp³-hybridized carbons (Fsp3) is 0.667. The summed E-state index contributed by atoms with van der Waals surface area (Å²) in [6.07, 6.45) is 6.82. The third-order valence-corrected chi connectivity index (χ3v) is 2.69. The molecule has 0 aliphatic carbocycles. The zero-order chi connectivity index (χ0) is 12.7. The van der Waals surface area contributed by atoms with Gasteiger partial charge in [-0.25, -0.2) is 14.3 Å². The molecule has 0 aliphatic rings. The number of aliphatic hydroxyl groups is 1. The lowest BCUT2D eigenvalue weighted by Gasteiger charge is -2.18. The molecule has 0 fully saturated rings. The first kappa shape index (κ1) is 13.7. The predicted octanol–water partition coefficient (Wildman–Crippen LogP) is 2.40. The second kappa shape index (κ2) is 7.06. The van der Waals surface area contributed by atoms with Crippen LogP contribution in [0.5, 0.6) is 0 Å². The molecule has 5 heteroatoms. The molecule has 1 heterocycles. The van der Waals surface area contributed by atoms with Crippen LogP contribution in [0.1, 0.15) is 39.5 Å². The summed E-state index contributed by atoms with van der Waals surface area (Å²) >= 11 is 0. The third-order valence-electron chi connectivity index (χ3n) is 2.69. The zero-order valence-corrected chi connectivity index (χ0v) is 10.4.